The van der Waals surface area contributed by atoms with Crippen LogP contribution in [-0.2, 0) is 9.53 Å². The molecule has 1 fully saturated rings. The zero-order valence-electron chi connectivity index (χ0n) is 12.4. The summed E-state index contributed by atoms with van der Waals surface area (Å²) in [6.45, 7) is 0. The van der Waals surface area contributed by atoms with Gasteiger partial charge in [0.05, 0.1) is 23.5 Å². The Morgan fingerprint density at radius 2 is 2.08 bits per heavy atom. The molecule has 8 heteroatoms. The highest BCUT2D eigenvalue weighted by Crippen LogP contribution is 2.29. The Balaban J connectivity index is 1.90. The summed E-state index contributed by atoms with van der Waals surface area (Å²) in [5.74, 6) is -0.286. The predicted molar refractivity (Wildman–Crippen MR) is 88.5 cm³/mol. The Hall–Kier alpha value is -2.87. The van der Waals surface area contributed by atoms with E-state index in [0.717, 1.165) is 4.90 Å². The minimum absolute atomic E-state index is 0.0674. The normalized spacial score (nSPS) is 15.8. The number of aromatic nitrogens is 1. The smallest absolute Gasteiger partial charge is 0.427 e. The Kier molecular flexibility index (Phi) is 4.22. The van der Waals surface area contributed by atoms with Crippen molar-refractivity contribution < 1.29 is 24.2 Å². The van der Waals surface area contributed by atoms with Gasteiger partial charge in [-0.3, -0.25) is 4.79 Å². The third-order valence-corrected chi connectivity index (χ3v) is 3.89. The summed E-state index contributed by atoms with van der Waals surface area (Å²) in [4.78, 5) is 29.3. The lowest BCUT2D eigenvalue weighted by molar-refractivity contribution is -0.114. The lowest BCUT2D eigenvalue weighted by Crippen LogP contribution is -2.28. The molecule has 1 aromatic heterocycles. The molecular weight excluding hydrogens is 380 g/mol. The summed E-state index contributed by atoms with van der Waals surface area (Å²) in [7, 11) is 1.47. The lowest BCUT2D eigenvalue weighted by atomic mass is 10.2. The van der Waals surface area contributed by atoms with Crippen LogP contribution in [0.5, 0.6) is 11.6 Å². The number of amides is 2. The Labute approximate surface area is 145 Å². The minimum atomic E-state index is -0.809. The van der Waals surface area contributed by atoms with Crippen LogP contribution in [0.4, 0.5) is 10.5 Å². The highest BCUT2D eigenvalue weighted by atomic mass is 79.9. The number of carbonyl (C=O) groups excluding carboxylic acids is 2. The standard InChI is InChI=1S/C16H11BrN2O5/c1-23-14-5-3-10(8-18-14)19-15(21)13(24-16(19)22)7-9-2-4-12(20)11(17)6-9/h2-8,20H,1H3/b13-7-. The van der Waals surface area contributed by atoms with Crippen molar-refractivity contribution in [2.45, 2.75) is 0 Å². The van der Waals surface area contributed by atoms with Gasteiger partial charge in [-0.2, -0.15) is 0 Å². The first-order chi connectivity index (χ1) is 11.5. The van der Waals surface area contributed by atoms with Crippen molar-refractivity contribution in [2.75, 3.05) is 12.0 Å². The molecule has 7 nitrogen and oxygen atoms in total. The van der Waals surface area contributed by atoms with Crippen LogP contribution >= 0.6 is 15.9 Å². The van der Waals surface area contributed by atoms with Crippen molar-refractivity contribution >= 4 is 39.7 Å². The molecule has 2 heterocycles. The molecule has 0 atom stereocenters. The third-order valence-electron chi connectivity index (χ3n) is 3.25. The second kappa shape index (κ2) is 6.32. The Morgan fingerprint density at radius 3 is 2.71 bits per heavy atom. The predicted octanol–water partition coefficient (Wildman–Crippen LogP) is 3.08. The molecule has 24 heavy (non-hydrogen) atoms. The molecule has 0 saturated carbocycles. The quantitative estimate of drug-likeness (QED) is 0.809. The fourth-order valence-electron chi connectivity index (χ4n) is 2.08. The van der Waals surface area contributed by atoms with E-state index < -0.39 is 12.0 Å². The highest BCUT2D eigenvalue weighted by Gasteiger charge is 2.38. The summed E-state index contributed by atoms with van der Waals surface area (Å²) in [5.41, 5.74) is 0.867. The van der Waals surface area contributed by atoms with Crippen LogP contribution in [0.1, 0.15) is 5.56 Å². The van der Waals surface area contributed by atoms with E-state index in [4.69, 9.17) is 9.47 Å². The molecule has 1 N–H and O–H groups in total. The number of aromatic hydroxyl groups is 1. The molecule has 1 aliphatic rings. The summed E-state index contributed by atoms with van der Waals surface area (Å²) < 4.78 is 10.4. The monoisotopic (exact) mass is 390 g/mol. The molecule has 1 aliphatic heterocycles. The van der Waals surface area contributed by atoms with Crippen molar-refractivity contribution in [3.63, 3.8) is 0 Å². The number of halogens is 1. The minimum Gasteiger partial charge on any atom is -0.507 e. The number of ether oxygens (including phenoxy) is 2. The first-order valence-corrected chi connectivity index (χ1v) is 7.55. The first kappa shape index (κ1) is 16.0. The van der Waals surface area contributed by atoms with Gasteiger partial charge in [-0.1, -0.05) is 6.07 Å². The Bertz CT molecular complexity index is 848. The molecule has 0 spiro atoms. The number of anilines is 1. The first-order valence-electron chi connectivity index (χ1n) is 6.76. The molecule has 2 amide bonds. The van der Waals surface area contributed by atoms with Crippen LogP contribution in [0.15, 0.2) is 46.8 Å². The van der Waals surface area contributed by atoms with Crippen LogP contribution in [-0.4, -0.2) is 29.2 Å². The molecule has 0 radical (unpaired) electrons. The third kappa shape index (κ3) is 2.95. The second-order valence-corrected chi connectivity index (χ2v) is 5.64. The maximum atomic E-state index is 12.4. The molecule has 0 unspecified atom stereocenters. The van der Waals surface area contributed by atoms with Gasteiger partial charge < -0.3 is 14.6 Å². The zero-order valence-corrected chi connectivity index (χ0v) is 14.0. The van der Waals surface area contributed by atoms with E-state index in [1.54, 1.807) is 12.1 Å². The highest BCUT2D eigenvalue weighted by molar-refractivity contribution is 9.10. The van der Waals surface area contributed by atoms with E-state index in [1.807, 2.05) is 0 Å². The second-order valence-electron chi connectivity index (χ2n) is 4.79. The van der Waals surface area contributed by atoms with Crippen molar-refractivity contribution in [1.82, 2.24) is 4.98 Å². The van der Waals surface area contributed by atoms with E-state index in [1.165, 1.54) is 37.6 Å². The van der Waals surface area contributed by atoms with Gasteiger partial charge in [0.2, 0.25) is 5.88 Å². The van der Waals surface area contributed by atoms with E-state index in [0.29, 0.717) is 15.9 Å². The van der Waals surface area contributed by atoms with Gasteiger partial charge in [-0.15, -0.1) is 0 Å². The van der Waals surface area contributed by atoms with Crippen molar-refractivity contribution in [3.05, 3.63) is 52.3 Å². The van der Waals surface area contributed by atoms with Gasteiger partial charge in [0.1, 0.15) is 5.75 Å². The summed E-state index contributed by atoms with van der Waals surface area (Å²) in [6.07, 6.45) is 1.95. The Morgan fingerprint density at radius 1 is 1.29 bits per heavy atom. The maximum Gasteiger partial charge on any atom is 0.427 e. The van der Waals surface area contributed by atoms with E-state index in [2.05, 4.69) is 20.9 Å². The molecule has 0 bridgehead atoms. The van der Waals surface area contributed by atoms with Crippen LogP contribution in [0.2, 0.25) is 0 Å². The molecule has 1 aromatic carbocycles. The number of hydrogen-bond donors (Lipinski definition) is 1. The van der Waals surface area contributed by atoms with E-state index >= 15 is 0 Å². The number of methoxy groups -OCH3 is 1. The van der Waals surface area contributed by atoms with Gasteiger partial charge in [0.25, 0.3) is 0 Å². The van der Waals surface area contributed by atoms with Crippen molar-refractivity contribution in [3.8, 4) is 11.6 Å². The number of nitrogens with zero attached hydrogens (tertiary/aromatic N) is 2. The van der Waals surface area contributed by atoms with Gasteiger partial charge >= 0.3 is 12.0 Å². The number of pyridine rings is 1. The average molecular weight is 391 g/mol. The number of phenolic OH excluding ortho intramolecular Hbond substituents is 1. The van der Waals surface area contributed by atoms with Gasteiger partial charge in [0, 0.05) is 6.07 Å². The fraction of sp³-hybridized carbons (Fsp3) is 0.0625. The van der Waals surface area contributed by atoms with Crippen LogP contribution < -0.4 is 9.64 Å². The summed E-state index contributed by atoms with van der Waals surface area (Å²) in [5, 5.41) is 9.49. The number of carbonyl (C=O) groups is 2. The molecule has 3 rings (SSSR count). The van der Waals surface area contributed by atoms with Gasteiger partial charge in [0.15, 0.2) is 5.76 Å². The molecule has 2 aromatic rings. The molecule has 0 aliphatic carbocycles. The molecular formula is C16H11BrN2O5. The number of cyclic esters (lactones) is 1. The van der Waals surface area contributed by atoms with Crippen LogP contribution in [0.25, 0.3) is 6.08 Å². The van der Waals surface area contributed by atoms with Crippen LogP contribution in [0, 0.1) is 0 Å². The summed E-state index contributed by atoms with van der Waals surface area (Å²) in [6, 6.07) is 7.72. The van der Waals surface area contributed by atoms with Gasteiger partial charge in [-0.25, -0.2) is 14.7 Å². The number of rotatable bonds is 3. The van der Waals surface area contributed by atoms with E-state index in [9.17, 15) is 14.7 Å². The van der Waals surface area contributed by atoms with Crippen molar-refractivity contribution in [2.24, 2.45) is 0 Å². The fourth-order valence-corrected chi connectivity index (χ4v) is 2.48. The summed E-state index contributed by atoms with van der Waals surface area (Å²) >= 11 is 3.18. The number of imide groups is 1. The van der Waals surface area contributed by atoms with E-state index in [-0.39, 0.29) is 17.2 Å². The lowest BCUT2D eigenvalue weighted by Gasteiger charge is -2.09. The number of benzene rings is 1. The number of phenols is 1. The SMILES string of the molecule is COc1ccc(N2C(=O)O/C(=C\c3ccc(O)c(Br)c3)C2=O)cn1. The topological polar surface area (TPSA) is 89.0 Å². The van der Waals surface area contributed by atoms with Gasteiger partial charge in [-0.05, 0) is 45.8 Å². The van der Waals surface area contributed by atoms with Crippen LogP contribution in [0.3, 0.4) is 0 Å². The number of hydrogen-bond acceptors (Lipinski definition) is 6. The average Bonchev–Trinajstić information content (AvgIpc) is 2.85. The largest absolute Gasteiger partial charge is 0.507 e. The molecule has 1 saturated heterocycles. The maximum absolute atomic E-state index is 12.4. The molecule has 122 valence electrons. The zero-order chi connectivity index (χ0) is 17.3. The van der Waals surface area contributed by atoms with Crippen molar-refractivity contribution in [1.29, 1.82) is 0 Å².